The molecule has 3 nitrogen and oxygen atoms in total. The van der Waals surface area contributed by atoms with Gasteiger partial charge in [-0.2, -0.15) is 0 Å². The van der Waals surface area contributed by atoms with E-state index in [1.165, 1.54) is 39.2 Å². The first-order valence-electron chi connectivity index (χ1n) is 11.6. The third-order valence-electron chi connectivity index (χ3n) is 10.5. The number of rotatable bonds is 1. The molecule has 0 radical (unpaired) electrons. The highest BCUT2D eigenvalue weighted by Gasteiger charge is 2.67. The van der Waals surface area contributed by atoms with Crippen molar-refractivity contribution in [2.45, 2.75) is 92.4 Å². The molecule has 0 aromatic heterocycles. The molecule has 4 aliphatic rings. The van der Waals surface area contributed by atoms with Gasteiger partial charge in [0.25, 0.3) is 0 Å². The summed E-state index contributed by atoms with van der Waals surface area (Å²) in [6.45, 7) is 12.3. The predicted octanol–water partition coefficient (Wildman–Crippen LogP) is 5.80. The van der Waals surface area contributed by atoms with Crippen molar-refractivity contribution >= 4 is 11.8 Å². The largest absolute Gasteiger partial charge is 0.468 e. The van der Waals surface area contributed by atoms with Crippen LogP contribution in [0.15, 0.2) is 0 Å². The van der Waals surface area contributed by atoms with Gasteiger partial charge >= 0.3 is 5.97 Å². The summed E-state index contributed by atoms with van der Waals surface area (Å²) in [6, 6.07) is 0. The smallest absolute Gasteiger partial charge is 0.316 e. The molecule has 0 spiro atoms. The number of hydrogen-bond donors (Lipinski definition) is 0. The fourth-order valence-electron chi connectivity index (χ4n) is 9.47. The minimum atomic E-state index is -0.553. The van der Waals surface area contributed by atoms with E-state index < -0.39 is 5.92 Å². The highest BCUT2D eigenvalue weighted by atomic mass is 16.5. The third-order valence-corrected chi connectivity index (χ3v) is 10.5. The summed E-state index contributed by atoms with van der Waals surface area (Å²) in [5.74, 6) is 1.23. The quantitative estimate of drug-likeness (QED) is 0.421. The topological polar surface area (TPSA) is 43.4 Å². The van der Waals surface area contributed by atoms with E-state index in [1.807, 2.05) is 0 Å². The van der Waals surface area contributed by atoms with Crippen LogP contribution in [0.1, 0.15) is 92.4 Å². The molecule has 0 amide bonds. The van der Waals surface area contributed by atoms with Crippen LogP contribution in [0.25, 0.3) is 0 Å². The zero-order chi connectivity index (χ0) is 20.5. The molecule has 7 atom stereocenters. The summed E-state index contributed by atoms with van der Waals surface area (Å²) >= 11 is 0. The van der Waals surface area contributed by atoms with Crippen molar-refractivity contribution in [1.29, 1.82) is 0 Å². The molecule has 4 fully saturated rings. The molecule has 0 aromatic rings. The third kappa shape index (κ3) is 2.53. The van der Waals surface area contributed by atoms with Crippen LogP contribution in [-0.2, 0) is 14.3 Å². The number of ether oxygens (including phenoxy) is 1. The lowest BCUT2D eigenvalue weighted by Crippen LogP contribution is -2.64. The van der Waals surface area contributed by atoms with Crippen LogP contribution in [0, 0.1) is 45.3 Å². The number of carbonyl (C=O) groups is 2. The van der Waals surface area contributed by atoms with Crippen LogP contribution in [-0.4, -0.2) is 18.9 Å². The molecule has 0 aromatic carbocycles. The highest BCUT2D eigenvalue weighted by Crippen LogP contribution is 2.72. The van der Waals surface area contributed by atoms with Gasteiger partial charge in [-0.25, -0.2) is 0 Å². The van der Waals surface area contributed by atoms with E-state index in [2.05, 4.69) is 34.6 Å². The molecule has 4 saturated carbocycles. The van der Waals surface area contributed by atoms with E-state index in [9.17, 15) is 9.59 Å². The van der Waals surface area contributed by atoms with Crippen LogP contribution >= 0.6 is 0 Å². The zero-order valence-electron chi connectivity index (χ0n) is 18.9. The van der Waals surface area contributed by atoms with Gasteiger partial charge in [0.1, 0.15) is 11.7 Å². The van der Waals surface area contributed by atoms with Gasteiger partial charge in [-0.3, -0.25) is 9.59 Å². The fraction of sp³-hybridized carbons (Fsp3) is 0.920. The Balaban J connectivity index is 1.74. The number of ketones is 1. The van der Waals surface area contributed by atoms with E-state index >= 15 is 0 Å². The summed E-state index contributed by atoms with van der Waals surface area (Å²) in [5, 5.41) is 0. The molecular weight excluding hydrogens is 348 g/mol. The van der Waals surface area contributed by atoms with Crippen molar-refractivity contribution in [3.63, 3.8) is 0 Å². The van der Waals surface area contributed by atoms with Crippen molar-refractivity contribution in [2.75, 3.05) is 7.11 Å². The van der Waals surface area contributed by atoms with Gasteiger partial charge in [0.15, 0.2) is 0 Å². The first-order chi connectivity index (χ1) is 13.0. The van der Waals surface area contributed by atoms with E-state index in [0.29, 0.717) is 29.1 Å². The molecule has 0 heterocycles. The SMILES string of the molecule is COC(=O)[C@H]1C(=O)CC[C@H]2[C@]3(C)CC[C@H]4C(C)(C)CCC[C@]4(C)[C@H]3CC[C@]12C. The number of hydrogen-bond acceptors (Lipinski definition) is 3. The summed E-state index contributed by atoms with van der Waals surface area (Å²) in [5.41, 5.74) is 0.837. The number of fused-ring (bicyclic) bond motifs is 5. The first-order valence-corrected chi connectivity index (χ1v) is 11.6. The fourth-order valence-corrected chi connectivity index (χ4v) is 9.47. The molecule has 0 N–H and O–H groups in total. The minimum Gasteiger partial charge on any atom is -0.468 e. The number of carbonyl (C=O) groups excluding carboxylic acids is 2. The monoisotopic (exact) mass is 388 g/mol. The molecule has 0 bridgehead atoms. The van der Waals surface area contributed by atoms with Crippen molar-refractivity contribution in [2.24, 2.45) is 45.3 Å². The molecule has 158 valence electrons. The van der Waals surface area contributed by atoms with Crippen molar-refractivity contribution < 1.29 is 14.3 Å². The molecular formula is C25H40O3. The lowest BCUT2D eigenvalue weighted by molar-refractivity contribution is -0.211. The Morgan fingerprint density at radius 1 is 0.821 bits per heavy atom. The highest BCUT2D eigenvalue weighted by molar-refractivity contribution is 6.00. The van der Waals surface area contributed by atoms with Crippen LogP contribution in [0.5, 0.6) is 0 Å². The maximum Gasteiger partial charge on any atom is 0.316 e. The van der Waals surface area contributed by atoms with Crippen molar-refractivity contribution in [3.8, 4) is 0 Å². The van der Waals surface area contributed by atoms with Crippen LogP contribution in [0.4, 0.5) is 0 Å². The second kappa shape index (κ2) is 6.32. The van der Waals surface area contributed by atoms with Gasteiger partial charge in [-0.15, -0.1) is 0 Å². The maximum absolute atomic E-state index is 12.8. The van der Waals surface area contributed by atoms with Crippen LogP contribution in [0.2, 0.25) is 0 Å². The average Bonchev–Trinajstić information content (AvgIpc) is 2.59. The van der Waals surface area contributed by atoms with Gasteiger partial charge in [0.2, 0.25) is 0 Å². The van der Waals surface area contributed by atoms with E-state index in [4.69, 9.17) is 4.74 Å². The number of Topliss-reactive ketones (excluding diaryl/α,β-unsaturated/α-hetero) is 1. The van der Waals surface area contributed by atoms with Crippen molar-refractivity contribution in [3.05, 3.63) is 0 Å². The molecule has 28 heavy (non-hydrogen) atoms. The van der Waals surface area contributed by atoms with Crippen LogP contribution in [0.3, 0.4) is 0 Å². The Kier molecular flexibility index (Phi) is 4.61. The average molecular weight is 389 g/mol. The summed E-state index contributed by atoms with van der Waals surface area (Å²) in [7, 11) is 1.44. The first kappa shape index (κ1) is 20.4. The Labute approximate surface area is 171 Å². The molecule has 4 aliphatic carbocycles. The Morgan fingerprint density at radius 3 is 2.07 bits per heavy atom. The van der Waals surface area contributed by atoms with Gasteiger partial charge in [0, 0.05) is 6.42 Å². The zero-order valence-corrected chi connectivity index (χ0v) is 18.9. The molecule has 0 aliphatic heterocycles. The Morgan fingerprint density at radius 2 is 1.39 bits per heavy atom. The van der Waals surface area contributed by atoms with Gasteiger partial charge < -0.3 is 4.74 Å². The molecule has 3 heteroatoms. The summed E-state index contributed by atoms with van der Waals surface area (Å²) < 4.78 is 5.12. The summed E-state index contributed by atoms with van der Waals surface area (Å²) in [4.78, 5) is 25.4. The normalized spacial score (nSPS) is 50.1. The number of methoxy groups -OCH3 is 1. The lowest BCUT2D eigenvalue weighted by atomic mass is 9.35. The number of esters is 1. The van der Waals surface area contributed by atoms with Crippen LogP contribution < -0.4 is 0 Å². The Bertz CT molecular complexity index is 673. The second-order valence-electron chi connectivity index (χ2n) is 12.1. The second-order valence-corrected chi connectivity index (χ2v) is 12.1. The minimum absolute atomic E-state index is 0.117. The summed E-state index contributed by atoms with van der Waals surface area (Å²) in [6.07, 6.45) is 10.3. The van der Waals surface area contributed by atoms with Gasteiger partial charge in [0.05, 0.1) is 7.11 Å². The van der Waals surface area contributed by atoms with Crippen molar-refractivity contribution in [1.82, 2.24) is 0 Å². The van der Waals surface area contributed by atoms with E-state index in [1.54, 1.807) is 0 Å². The van der Waals surface area contributed by atoms with Gasteiger partial charge in [-0.05, 0) is 84.4 Å². The standard InChI is InChI=1S/C25H40O3/c1-22(2)12-7-13-23(3)17(22)10-14-24(4)18-9-8-16(26)20(21(27)28-6)25(18,5)15-11-19(23)24/h17-20H,7-15H2,1-6H3/t17-,18-,19+,20+,23-,24-,25-/m0/s1. The lowest BCUT2D eigenvalue weighted by Gasteiger charge is -2.69. The maximum atomic E-state index is 12.8. The Hall–Kier alpha value is -0.860. The molecule has 4 rings (SSSR count). The van der Waals surface area contributed by atoms with E-state index in [-0.39, 0.29) is 22.6 Å². The predicted molar refractivity (Wildman–Crippen MR) is 111 cm³/mol. The molecule has 0 unspecified atom stereocenters. The van der Waals surface area contributed by atoms with E-state index in [0.717, 1.165) is 25.2 Å². The molecule has 0 saturated heterocycles. The van der Waals surface area contributed by atoms with Gasteiger partial charge in [-0.1, -0.05) is 41.0 Å².